The largest absolute Gasteiger partial charge is 0.352 e. The van der Waals surface area contributed by atoms with E-state index in [9.17, 15) is 0 Å². The Bertz CT molecular complexity index is 155. The Balaban J connectivity index is 4.23. The second-order valence-electron chi connectivity index (χ2n) is 2.40. The predicted octanol–water partition coefficient (Wildman–Crippen LogP) is 2.52. The first-order valence-corrected chi connectivity index (χ1v) is 4.18. The molecule has 0 atom stereocenters. The molecule has 0 aliphatic heterocycles. The van der Waals surface area contributed by atoms with Crippen LogP contribution in [0.5, 0.6) is 0 Å². The van der Waals surface area contributed by atoms with Crippen LogP contribution in [0, 0.1) is 0 Å². The van der Waals surface area contributed by atoms with E-state index in [2.05, 4.69) is 13.0 Å². The Hall–Kier alpha value is -0.600. The molecule has 0 saturated heterocycles. The Morgan fingerprint density at radius 1 is 1.33 bits per heavy atom. The third-order valence-electron chi connectivity index (χ3n) is 1.58. The molecule has 70 valence electrons. The fourth-order valence-corrected chi connectivity index (χ4v) is 0.933. The summed E-state index contributed by atoms with van der Waals surface area (Å²) in [5.74, 6) is 0. The van der Waals surface area contributed by atoms with E-state index in [0.717, 1.165) is 12.0 Å². The average Bonchev–Trinajstić information content (AvgIpc) is 2.12. The van der Waals surface area contributed by atoms with E-state index in [1.54, 1.807) is 14.2 Å². The molecule has 0 radical (unpaired) electrons. The van der Waals surface area contributed by atoms with Gasteiger partial charge in [-0.1, -0.05) is 25.2 Å². The lowest BCUT2D eigenvalue weighted by atomic mass is 10.2. The topological polar surface area (TPSA) is 18.5 Å². The van der Waals surface area contributed by atoms with Crippen molar-refractivity contribution >= 4 is 0 Å². The number of hydrogen-bond donors (Lipinski definition) is 0. The zero-order chi connectivity index (χ0) is 9.40. The summed E-state index contributed by atoms with van der Waals surface area (Å²) in [4.78, 5) is 0. The molecule has 0 aromatic heterocycles. The minimum atomic E-state index is -0.238. The maximum Gasteiger partial charge on any atom is 0.182 e. The van der Waals surface area contributed by atoms with E-state index in [1.165, 1.54) is 0 Å². The lowest BCUT2D eigenvalue weighted by Gasteiger charge is -2.13. The molecule has 0 fully saturated rings. The second-order valence-corrected chi connectivity index (χ2v) is 2.40. The van der Waals surface area contributed by atoms with E-state index in [1.807, 2.05) is 19.1 Å². The molecule has 2 heteroatoms. The number of rotatable bonds is 5. The van der Waals surface area contributed by atoms with Crippen LogP contribution in [-0.4, -0.2) is 20.5 Å². The summed E-state index contributed by atoms with van der Waals surface area (Å²) in [6.07, 6.45) is 6.89. The highest BCUT2D eigenvalue weighted by atomic mass is 16.7. The third kappa shape index (κ3) is 3.69. The monoisotopic (exact) mass is 170 g/mol. The first-order chi connectivity index (χ1) is 5.79. The lowest BCUT2D eigenvalue weighted by Crippen LogP contribution is -2.14. The first kappa shape index (κ1) is 11.4. The summed E-state index contributed by atoms with van der Waals surface area (Å²) in [6.45, 7) is 4.07. The second kappa shape index (κ2) is 7.07. The molecule has 0 N–H and O–H groups in total. The zero-order valence-corrected chi connectivity index (χ0v) is 8.33. The molecule has 0 unspecified atom stereocenters. The molecular formula is C10H18O2. The van der Waals surface area contributed by atoms with Crippen LogP contribution >= 0.6 is 0 Å². The Morgan fingerprint density at radius 2 is 1.92 bits per heavy atom. The van der Waals surface area contributed by atoms with Crippen molar-refractivity contribution in [1.82, 2.24) is 0 Å². The van der Waals surface area contributed by atoms with Gasteiger partial charge >= 0.3 is 0 Å². The van der Waals surface area contributed by atoms with Crippen molar-refractivity contribution in [3.05, 3.63) is 23.8 Å². The maximum atomic E-state index is 5.11. The Kier molecular flexibility index (Phi) is 6.72. The van der Waals surface area contributed by atoms with E-state index in [4.69, 9.17) is 9.47 Å². The van der Waals surface area contributed by atoms with Crippen molar-refractivity contribution in [1.29, 1.82) is 0 Å². The maximum absolute atomic E-state index is 5.11. The molecule has 0 amide bonds. The molecule has 0 spiro atoms. The smallest absolute Gasteiger partial charge is 0.182 e. The van der Waals surface area contributed by atoms with Gasteiger partial charge in [0, 0.05) is 19.8 Å². The van der Waals surface area contributed by atoms with E-state index in [-0.39, 0.29) is 6.29 Å². The van der Waals surface area contributed by atoms with E-state index >= 15 is 0 Å². The van der Waals surface area contributed by atoms with Crippen molar-refractivity contribution in [2.24, 2.45) is 0 Å². The summed E-state index contributed by atoms with van der Waals surface area (Å²) in [5.41, 5.74) is 1.06. The molecule has 0 rings (SSSR count). The van der Waals surface area contributed by atoms with Gasteiger partial charge in [-0.05, 0) is 13.3 Å². The van der Waals surface area contributed by atoms with Gasteiger partial charge in [-0.25, -0.2) is 0 Å². The minimum Gasteiger partial charge on any atom is -0.352 e. The summed E-state index contributed by atoms with van der Waals surface area (Å²) in [7, 11) is 3.27. The van der Waals surface area contributed by atoms with Crippen LogP contribution in [0.1, 0.15) is 20.3 Å². The quantitative estimate of drug-likeness (QED) is 0.466. The van der Waals surface area contributed by atoms with Gasteiger partial charge < -0.3 is 9.47 Å². The first-order valence-electron chi connectivity index (χ1n) is 4.18. The molecular weight excluding hydrogens is 152 g/mol. The lowest BCUT2D eigenvalue weighted by molar-refractivity contribution is -0.0725. The number of hydrogen-bond acceptors (Lipinski definition) is 2. The summed E-state index contributed by atoms with van der Waals surface area (Å²) in [6, 6.07) is 0. The summed E-state index contributed by atoms with van der Waals surface area (Å²) >= 11 is 0. The highest BCUT2D eigenvalue weighted by molar-refractivity contribution is 5.20. The molecule has 12 heavy (non-hydrogen) atoms. The van der Waals surface area contributed by atoms with Crippen LogP contribution in [0.2, 0.25) is 0 Å². The Morgan fingerprint density at radius 3 is 2.25 bits per heavy atom. The highest BCUT2D eigenvalue weighted by Gasteiger charge is 2.07. The van der Waals surface area contributed by atoms with E-state index in [0.29, 0.717) is 0 Å². The molecule has 0 saturated carbocycles. The summed E-state index contributed by atoms with van der Waals surface area (Å²) in [5, 5.41) is 0. The molecule has 0 heterocycles. The van der Waals surface area contributed by atoms with Gasteiger partial charge in [-0.3, -0.25) is 0 Å². The fourth-order valence-electron chi connectivity index (χ4n) is 0.933. The number of ether oxygens (including phenoxy) is 2. The van der Waals surface area contributed by atoms with Crippen molar-refractivity contribution in [2.75, 3.05) is 14.2 Å². The van der Waals surface area contributed by atoms with Crippen molar-refractivity contribution in [2.45, 2.75) is 26.6 Å². The Labute approximate surface area is 74.9 Å². The molecule has 0 aromatic carbocycles. The van der Waals surface area contributed by atoms with Crippen LogP contribution in [0.15, 0.2) is 23.8 Å². The van der Waals surface area contributed by atoms with Gasteiger partial charge in [0.05, 0.1) is 0 Å². The van der Waals surface area contributed by atoms with Crippen LogP contribution in [0.4, 0.5) is 0 Å². The molecule has 0 aliphatic carbocycles. The fraction of sp³-hybridized carbons (Fsp3) is 0.600. The summed E-state index contributed by atoms with van der Waals surface area (Å²) < 4.78 is 10.2. The normalized spacial score (nSPS) is 13.2. The van der Waals surface area contributed by atoms with Gasteiger partial charge in [0.1, 0.15) is 0 Å². The van der Waals surface area contributed by atoms with Crippen LogP contribution in [0.25, 0.3) is 0 Å². The molecule has 2 nitrogen and oxygen atoms in total. The zero-order valence-electron chi connectivity index (χ0n) is 8.33. The standard InChI is InChI=1S/C10H18O2/c1-5-7-8-9(6-2)10(11-3)12-4/h6-8,10H,5H2,1-4H3/b8-7+,9-6?. The third-order valence-corrected chi connectivity index (χ3v) is 1.58. The molecule has 0 aromatic rings. The number of methoxy groups -OCH3 is 2. The van der Waals surface area contributed by atoms with Crippen LogP contribution in [0.3, 0.4) is 0 Å². The van der Waals surface area contributed by atoms with Gasteiger partial charge in [0.2, 0.25) is 0 Å². The van der Waals surface area contributed by atoms with Crippen LogP contribution < -0.4 is 0 Å². The van der Waals surface area contributed by atoms with Gasteiger partial charge in [-0.2, -0.15) is 0 Å². The molecule has 0 bridgehead atoms. The van der Waals surface area contributed by atoms with Gasteiger partial charge in [0.15, 0.2) is 6.29 Å². The van der Waals surface area contributed by atoms with Crippen molar-refractivity contribution in [3.63, 3.8) is 0 Å². The van der Waals surface area contributed by atoms with Crippen LogP contribution in [-0.2, 0) is 9.47 Å². The minimum absolute atomic E-state index is 0.238. The van der Waals surface area contributed by atoms with Crippen molar-refractivity contribution < 1.29 is 9.47 Å². The van der Waals surface area contributed by atoms with Crippen molar-refractivity contribution in [3.8, 4) is 0 Å². The van der Waals surface area contributed by atoms with Gasteiger partial charge in [-0.15, -0.1) is 0 Å². The van der Waals surface area contributed by atoms with Gasteiger partial charge in [0.25, 0.3) is 0 Å². The molecule has 0 aliphatic rings. The highest BCUT2D eigenvalue weighted by Crippen LogP contribution is 2.08. The average molecular weight is 170 g/mol. The predicted molar refractivity (Wildman–Crippen MR) is 51.0 cm³/mol. The number of allylic oxidation sites excluding steroid dienone is 2. The SMILES string of the molecule is CC=C(/C=C/CC)C(OC)OC. The van der Waals surface area contributed by atoms with E-state index < -0.39 is 0 Å².